The Balaban J connectivity index is 1.91. The van der Waals surface area contributed by atoms with Gasteiger partial charge in [-0.25, -0.2) is 15.0 Å². The number of aromatic nitrogens is 3. The maximum atomic E-state index is 9.19. The van der Waals surface area contributed by atoms with Gasteiger partial charge in [0.2, 0.25) is 5.88 Å². The number of piperidine rings is 1. The average molecular weight is 267 g/mol. The molecule has 2 aromatic rings. The van der Waals surface area contributed by atoms with E-state index in [0.717, 1.165) is 29.6 Å². The fraction of sp³-hybridized carbons (Fsp3) is 0.429. The lowest BCUT2D eigenvalue weighted by molar-refractivity contribution is 0.251. The third-order valence-electron chi connectivity index (χ3n) is 4.07. The molecule has 2 aliphatic heterocycles. The number of nitrogens with zero attached hydrogens (tertiary/aromatic N) is 5. The Morgan fingerprint density at radius 1 is 1.30 bits per heavy atom. The van der Waals surface area contributed by atoms with Gasteiger partial charge in [-0.1, -0.05) is 0 Å². The molecule has 0 bridgehead atoms. The van der Waals surface area contributed by atoms with Gasteiger partial charge in [0.1, 0.15) is 24.1 Å². The number of ether oxygens (including phenoxy) is 1. The molecule has 2 aliphatic rings. The molecule has 2 unspecified atom stereocenters. The molecular weight excluding hydrogens is 254 g/mol. The summed E-state index contributed by atoms with van der Waals surface area (Å²) < 4.78 is 5.84. The van der Waals surface area contributed by atoms with Gasteiger partial charge in [0.15, 0.2) is 0 Å². The molecule has 0 aliphatic carbocycles. The van der Waals surface area contributed by atoms with E-state index in [0.29, 0.717) is 19.0 Å². The molecular formula is C14H13N5O. The number of nitriles is 1. The van der Waals surface area contributed by atoms with Crippen LogP contribution in [0.15, 0.2) is 18.6 Å². The molecule has 0 N–H and O–H groups in total. The Bertz CT molecular complexity index is 705. The van der Waals surface area contributed by atoms with Gasteiger partial charge in [0.05, 0.1) is 23.5 Å². The van der Waals surface area contributed by atoms with Gasteiger partial charge >= 0.3 is 0 Å². The second-order valence-corrected chi connectivity index (χ2v) is 5.23. The minimum absolute atomic E-state index is 0.0505. The van der Waals surface area contributed by atoms with Crippen LogP contribution in [0.3, 0.4) is 0 Å². The largest absolute Gasteiger partial charge is 0.475 e. The van der Waals surface area contributed by atoms with Crippen LogP contribution in [-0.4, -0.2) is 34.1 Å². The summed E-state index contributed by atoms with van der Waals surface area (Å²) in [6, 6.07) is 4.49. The number of hydrogen-bond acceptors (Lipinski definition) is 6. The van der Waals surface area contributed by atoms with Crippen molar-refractivity contribution < 1.29 is 4.74 Å². The Morgan fingerprint density at radius 2 is 2.25 bits per heavy atom. The summed E-state index contributed by atoms with van der Waals surface area (Å²) in [7, 11) is 0. The van der Waals surface area contributed by atoms with Crippen molar-refractivity contribution in [2.45, 2.75) is 18.9 Å². The van der Waals surface area contributed by atoms with Gasteiger partial charge in [-0.3, -0.25) is 0 Å². The zero-order chi connectivity index (χ0) is 13.5. The standard InChI is InChI=1S/C14H13N5O/c15-5-9-1-2-10-7-20-14-12-11(3-4-16-14)17-8-18-13(12)19(10)6-9/h3-4,8-10H,1-2,6-7H2. The van der Waals surface area contributed by atoms with Crippen molar-refractivity contribution in [3.63, 3.8) is 0 Å². The van der Waals surface area contributed by atoms with Crippen molar-refractivity contribution >= 4 is 16.7 Å². The quantitative estimate of drug-likeness (QED) is 0.720. The van der Waals surface area contributed by atoms with E-state index in [-0.39, 0.29) is 12.0 Å². The van der Waals surface area contributed by atoms with Gasteiger partial charge in [-0.05, 0) is 18.9 Å². The van der Waals surface area contributed by atoms with Crippen LogP contribution in [-0.2, 0) is 0 Å². The Kier molecular flexibility index (Phi) is 2.46. The van der Waals surface area contributed by atoms with E-state index >= 15 is 0 Å². The zero-order valence-corrected chi connectivity index (χ0v) is 10.9. The van der Waals surface area contributed by atoms with Gasteiger partial charge in [0, 0.05) is 12.7 Å². The molecule has 0 aromatic carbocycles. The topological polar surface area (TPSA) is 74.9 Å². The fourth-order valence-corrected chi connectivity index (χ4v) is 3.03. The Labute approximate surface area is 116 Å². The SMILES string of the molecule is N#CC1CCC2COc3nccc4ncnc(c34)N2C1. The van der Waals surface area contributed by atoms with Crippen molar-refractivity contribution in [3.8, 4) is 11.9 Å². The summed E-state index contributed by atoms with van der Waals surface area (Å²) in [5.41, 5.74) is 0.833. The summed E-state index contributed by atoms with van der Waals surface area (Å²) >= 11 is 0. The van der Waals surface area contributed by atoms with E-state index in [4.69, 9.17) is 4.74 Å². The molecule has 0 spiro atoms. The first kappa shape index (κ1) is 11.4. The van der Waals surface area contributed by atoms with Crippen molar-refractivity contribution in [1.29, 1.82) is 5.26 Å². The fourth-order valence-electron chi connectivity index (χ4n) is 3.03. The van der Waals surface area contributed by atoms with Gasteiger partial charge in [-0.15, -0.1) is 0 Å². The van der Waals surface area contributed by atoms with E-state index in [2.05, 4.69) is 25.9 Å². The number of pyridine rings is 1. The summed E-state index contributed by atoms with van der Waals surface area (Å²) in [6.45, 7) is 1.28. The van der Waals surface area contributed by atoms with E-state index in [1.165, 1.54) is 0 Å². The number of anilines is 1. The molecule has 100 valence electrons. The molecule has 20 heavy (non-hydrogen) atoms. The van der Waals surface area contributed by atoms with E-state index < -0.39 is 0 Å². The maximum absolute atomic E-state index is 9.19. The first-order chi connectivity index (χ1) is 9.86. The van der Waals surface area contributed by atoms with Gasteiger partial charge < -0.3 is 9.64 Å². The predicted molar refractivity (Wildman–Crippen MR) is 72.3 cm³/mol. The predicted octanol–water partition coefficient (Wildman–Crippen LogP) is 1.53. The molecule has 0 saturated carbocycles. The molecule has 1 saturated heterocycles. The van der Waals surface area contributed by atoms with E-state index in [1.54, 1.807) is 12.5 Å². The van der Waals surface area contributed by atoms with Crippen LogP contribution in [0.2, 0.25) is 0 Å². The van der Waals surface area contributed by atoms with Crippen molar-refractivity contribution in [2.24, 2.45) is 5.92 Å². The lowest BCUT2D eigenvalue weighted by Crippen LogP contribution is -2.46. The zero-order valence-electron chi connectivity index (χ0n) is 10.9. The highest BCUT2D eigenvalue weighted by Gasteiger charge is 2.33. The Morgan fingerprint density at radius 3 is 3.15 bits per heavy atom. The summed E-state index contributed by atoms with van der Waals surface area (Å²) in [6.07, 6.45) is 5.13. The summed E-state index contributed by atoms with van der Waals surface area (Å²) in [5.74, 6) is 1.50. The molecule has 2 aromatic heterocycles. The van der Waals surface area contributed by atoms with E-state index in [1.807, 2.05) is 6.07 Å². The Hall–Kier alpha value is -2.42. The number of fused-ring (bicyclic) bond motifs is 2. The van der Waals surface area contributed by atoms with Crippen molar-refractivity contribution in [3.05, 3.63) is 18.6 Å². The first-order valence-electron chi connectivity index (χ1n) is 6.75. The first-order valence-corrected chi connectivity index (χ1v) is 6.75. The average Bonchev–Trinajstić information content (AvgIpc) is 2.67. The van der Waals surface area contributed by atoms with Crippen LogP contribution in [0.5, 0.6) is 5.88 Å². The monoisotopic (exact) mass is 267 g/mol. The van der Waals surface area contributed by atoms with Crippen LogP contribution < -0.4 is 9.64 Å². The van der Waals surface area contributed by atoms with Gasteiger partial charge in [0.25, 0.3) is 0 Å². The maximum Gasteiger partial charge on any atom is 0.226 e. The van der Waals surface area contributed by atoms with Crippen LogP contribution in [0.25, 0.3) is 10.9 Å². The van der Waals surface area contributed by atoms with E-state index in [9.17, 15) is 5.26 Å². The molecule has 6 heteroatoms. The smallest absolute Gasteiger partial charge is 0.226 e. The molecule has 4 rings (SSSR count). The highest BCUT2D eigenvalue weighted by Crippen LogP contribution is 2.37. The minimum atomic E-state index is 0.0505. The van der Waals surface area contributed by atoms with Gasteiger partial charge in [-0.2, -0.15) is 5.26 Å². The summed E-state index contributed by atoms with van der Waals surface area (Å²) in [5, 5.41) is 10.0. The third kappa shape index (κ3) is 1.59. The summed E-state index contributed by atoms with van der Waals surface area (Å²) in [4.78, 5) is 15.2. The molecule has 4 heterocycles. The second kappa shape index (κ2) is 4.30. The highest BCUT2D eigenvalue weighted by atomic mass is 16.5. The molecule has 6 nitrogen and oxygen atoms in total. The number of hydrogen-bond donors (Lipinski definition) is 0. The second-order valence-electron chi connectivity index (χ2n) is 5.23. The minimum Gasteiger partial charge on any atom is -0.475 e. The highest BCUT2D eigenvalue weighted by molar-refractivity contribution is 5.94. The van der Waals surface area contributed by atoms with Crippen molar-refractivity contribution in [2.75, 3.05) is 18.1 Å². The normalized spacial score (nSPS) is 24.4. The molecule has 0 radical (unpaired) electrons. The molecule has 2 atom stereocenters. The van der Waals surface area contributed by atoms with Crippen LogP contribution in [0, 0.1) is 17.2 Å². The third-order valence-corrected chi connectivity index (χ3v) is 4.07. The molecule has 1 fully saturated rings. The van der Waals surface area contributed by atoms with Crippen LogP contribution in [0.1, 0.15) is 12.8 Å². The lowest BCUT2D eigenvalue weighted by atomic mass is 9.94. The lowest BCUT2D eigenvalue weighted by Gasteiger charge is -2.36. The van der Waals surface area contributed by atoms with Crippen molar-refractivity contribution in [1.82, 2.24) is 15.0 Å². The van der Waals surface area contributed by atoms with Crippen LogP contribution >= 0.6 is 0 Å². The van der Waals surface area contributed by atoms with Crippen LogP contribution in [0.4, 0.5) is 5.82 Å². The molecule has 0 amide bonds. The number of rotatable bonds is 0.